The molecule has 2 aromatic carbocycles. The van der Waals surface area contributed by atoms with Gasteiger partial charge in [0.1, 0.15) is 23.0 Å². The van der Waals surface area contributed by atoms with Crippen molar-refractivity contribution in [3.05, 3.63) is 65.7 Å². The number of amides is 1. The van der Waals surface area contributed by atoms with Gasteiger partial charge >= 0.3 is 6.61 Å². The maximum atomic E-state index is 14.3. The second-order valence-corrected chi connectivity index (χ2v) is 8.17. The Morgan fingerprint density at radius 3 is 2.67 bits per heavy atom. The molecule has 3 aromatic rings. The summed E-state index contributed by atoms with van der Waals surface area (Å²) in [6, 6.07) is 8.46. The summed E-state index contributed by atoms with van der Waals surface area (Å²) in [5.41, 5.74) is 0.775. The van der Waals surface area contributed by atoms with E-state index in [0.29, 0.717) is 41.9 Å². The van der Waals surface area contributed by atoms with Crippen molar-refractivity contribution in [2.24, 2.45) is 5.92 Å². The molecule has 7 nitrogen and oxygen atoms in total. The Morgan fingerprint density at radius 1 is 1.19 bits per heavy atom. The summed E-state index contributed by atoms with van der Waals surface area (Å²) in [4.78, 5) is 17.0. The highest BCUT2D eigenvalue weighted by atomic mass is 19.3. The van der Waals surface area contributed by atoms with E-state index >= 15 is 0 Å². The van der Waals surface area contributed by atoms with Crippen molar-refractivity contribution in [3.8, 4) is 28.7 Å². The number of aromatic nitrogens is 1. The predicted molar refractivity (Wildman–Crippen MR) is 125 cm³/mol. The minimum Gasteiger partial charge on any atom is -0.494 e. The first kappa shape index (κ1) is 25.4. The molecule has 0 saturated heterocycles. The van der Waals surface area contributed by atoms with Crippen LogP contribution in [-0.4, -0.2) is 30.7 Å². The zero-order valence-electron chi connectivity index (χ0n) is 19.9. The number of ether oxygens (including phenoxy) is 3. The van der Waals surface area contributed by atoms with Crippen LogP contribution in [0.15, 0.2) is 40.8 Å². The standard InChI is InChI=1S/C26H26F3N2O5/c1-3-21-20(13-30-24(32)18-9-8-17(33-4-2)12-19(18)27)31-25(35-21)16-7-10-22(36-26(28)29)23(11-16)34-14-15-5-6-15/h3,7-12,15,26H,4-6,13-14H2,1-2H3,(H,30,32). The average Bonchev–Trinajstić information content (AvgIpc) is 3.59. The monoisotopic (exact) mass is 503 g/mol. The van der Waals surface area contributed by atoms with E-state index in [-0.39, 0.29) is 29.5 Å². The van der Waals surface area contributed by atoms with E-state index < -0.39 is 18.3 Å². The molecule has 1 fully saturated rings. The number of carbonyl (C=O) groups is 1. The van der Waals surface area contributed by atoms with Crippen LogP contribution in [0.4, 0.5) is 13.2 Å². The molecule has 1 aromatic heterocycles. The quantitative estimate of drug-likeness (QED) is 0.338. The van der Waals surface area contributed by atoms with Crippen LogP contribution in [0.25, 0.3) is 11.5 Å². The van der Waals surface area contributed by atoms with Crippen LogP contribution in [-0.2, 0) is 6.54 Å². The zero-order chi connectivity index (χ0) is 25.7. The first-order valence-corrected chi connectivity index (χ1v) is 11.6. The Labute approximate surface area is 206 Å². The summed E-state index contributed by atoms with van der Waals surface area (Å²) in [5, 5.41) is 2.64. The summed E-state index contributed by atoms with van der Waals surface area (Å²) in [7, 11) is 0. The van der Waals surface area contributed by atoms with Gasteiger partial charge in [-0.25, -0.2) is 9.37 Å². The number of alkyl halides is 2. The molecule has 1 aliphatic carbocycles. The van der Waals surface area contributed by atoms with E-state index in [1.165, 1.54) is 30.3 Å². The van der Waals surface area contributed by atoms with Gasteiger partial charge in [0.25, 0.3) is 5.91 Å². The molecule has 0 spiro atoms. The van der Waals surface area contributed by atoms with E-state index in [2.05, 4.69) is 15.0 Å². The number of rotatable bonds is 12. The van der Waals surface area contributed by atoms with Crippen LogP contribution in [0.1, 0.15) is 48.5 Å². The van der Waals surface area contributed by atoms with Crippen molar-refractivity contribution in [2.45, 2.75) is 39.8 Å². The minimum absolute atomic E-state index is 0.0216. The third kappa shape index (κ3) is 6.30. The summed E-state index contributed by atoms with van der Waals surface area (Å²) < 4.78 is 61.3. The van der Waals surface area contributed by atoms with E-state index in [4.69, 9.17) is 13.9 Å². The highest BCUT2D eigenvalue weighted by Gasteiger charge is 2.24. The number of nitrogens with zero attached hydrogens (tertiary/aromatic N) is 1. The smallest absolute Gasteiger partial charge is 0.387 e. The van der Waals surface area contributed by atoms with Crippen LogP contribution in [0.3, 0.4) is 0 Å². The first-order valence-electron chi connectivity index (χ1n) is 11.6. The zero-order valence-corrected chi connectivity index (χ0v) is 19.9. The van der Waals surface area contributed by atoms with E-state index in [9.17, 15) is 18.0 Å². The molecule has 1 aliphatic rings. The second-order valence-electron chi connectivity index (χ2n) is 8.17. The second kappa shape index (κ2) is 11.4. The lowest BCUT2D eigenvalue weighted by Crippen LogP contribution is -2.24. The molecule has 1 heterocycles. The molecule has 0 bridgehead atoms. The molecule has 0 atom stereocenters. The SMILES string of the molecule is C[CH]c1oc(-c2ccc(OC(F)F)c(OCC3CC3)c2)nc1CNC(=O)c1ccc(OCC)cc1F. The largest absolute Gasteiger partial charge is 0.494 e. The normalized spacial score (nSPS) is 13.1. The molecule has 0 aliphatic heterocycles. The Hall–Kier alpha value is -3.69. The summed E-state index contributed by atoms with van der Waals surface area (Å²) in [5.74, 6) is 0.129. The first-order chi connectivity index (χ1) is 17.4. The number of hydrogen-bond acceptors (Lipinski definition) is 6. The molecule has 1 saturated carbocycles. The van der Waals surface area contributed by atoms with Crippen molar-refractivity contribution in [1.29, 1.82) is 0 Å². The third-order valence-electron chi connectivity index (χ3n) is 5.48. The minimum atomic E-state index is -2.99. The summed E-state index contributed by atoms with van der Waals surface area (Å²) in [6.45, 7) is 1.30. The van der Waals surface area contributed by atoms with Gasteiger partial charge in [0, 0.05) is 18.1 Å². The Kier molecular flexibility index (Phi) is 8.02. The van der Waals surface area contributed by atoms with Gasteiger partial charge in [-0.3, -0.25) is 4.79 Å². The maximum Gasteiger partial charge on any atom is 0.387 e. The fraction of sp³-hybridized carbons (Fsp3) is 0.346. The Bertz CT molecular complexity index is 1210. The van der Waals surface area contributed by atoms with E-state index in [1.807, 2.05) is 0 Å². The van der Waals surface area contributed by atoms with Gasteiger partial charge in [-0.15, -0.1) is 0 Å². The fourth-order valence-corrected chi connectivity index (χ4v) is 3.47. The van der Waals surface area contributed by atoms with Crippen molar-refractivity contribution < 1.29 is 36.6 Å². The molecule has 1 amide bonds. The van der Waals surface area contributed by atoms with Crippen LogP contribution >= 0.6 is 0 Å². The van der Waals surface area contributed by atoms with Gasteiger partial charge < -0.3 is 23.9 Å². The van der Waals surface area contributed by atoms with Gasteiger partial charge in [-0.2, -0.15) is 8.78 Å². The van der Waals surface area contributed by atoms with Gasteiger partial charge in [-0.1, -0.05) is 6.92 Å². The lowest BCUT2D eigenvalue weighted by molar-refractivity contribution is -0.0515. The molecule has 191 valence electrons. The maximum absolute atomic E-state index is 14.3. The van der Waals surface area contributed by atoms with Crippen molar-refractivity contribution in [2.75, 3.05) is 13.2 Å². The van der Waals surface area contributed by atoms with Crippen molar-refractivity contribution in [1.82, 2.24) is 10.3 Å². The summed E-state index contributed by atoms with van der Waals surface area (Å²) >= 11 is 0. The fourth-order valence-electron chi connectivity index (χ4n) is 3.47. The van der Waals surface area contributed by atoms with Gasteiger partial charge in [-0.05, 0) is 56.0 Å². The van der Waals surface area contributed by atoms with Crippen molar-refractivity contribution >= 4 is 5.91 Å². The molecular formula is C26H26F3N2O5. The molecule has 36 heavy (non-hydrogen) atoms. The molecule has 1 radical (unpaired) electrons. The van der Waals surface area contributed by atoms with Crippen LogP contribution in [0.2, 0.25) is 0 Å². The average molecular weight is 503 g/mol. The van der Waals surface area contributed by atoms with Gasteiger partial charge in [0.2, 0.25) is 5.89 Å². The third-order valence-corrected chi connectivity index (χ3v) is 5.48. The number of oxazole rings is 1. The highest BCUT2D eigenvalue weighted by molar-refractivity contribution is 5.94. The molecular weight excluding hydrogens is 477 g/mol. The van der Waals surface area contributed by atoms with E-state index in [1.54, 1.807) is 20.3 Å². The molecule has 4 rings (SSSR count). The number of benzene rings is 2. The van der Waals surface area contributed by atoms with Crippen LogP contribution in [0.5, 0.6) is 17.2 Å². The Morgan fingerprint density at radius 2 is 2.00 bits per heavy atom. The highest BCUT2D eigenvalue weighted by Crippen LogP contribution is 2.36. The van der Waals surface area contributed by atoms with Gasteiger partial charge in [0.15, 0.2) is 11.5 Å². The summed E-state index contributed by atoms with van der Waals surface area (Å²) in [6.07, 6.45) is 3.75. The molecule has 10 heteroatoms. The van der Waals surface area contributed by atoms with Crippen LogP contribution in [0, 0.1) is 18.2 Å². The van der Waals surface area contributed by atoms with Gasteiger partial charge in [0.05, 0.1) is 25.3 Å². The van der Waals surface area contributed by atoms with Crippen LogP contribution < -0.4 is 19.5 Å². The molecule has 1 N–H and O–H groups in total. The molecule has 0 unspecified atom stereocenters. The predicted octanol–water partition coefficient (Wildman–Crippen LogP) is 5.77. The lowest BCUT2D eigenvalue weighted by atomic mass is 10.2. The topological polar surface area (TPSA) is 82.8 Å². The number of nitrogens with one attached hydrogen (secondary N) is 1. The Balaban J connectivity index is 1.50. The van der Waals surface area contributed by atoms with Crippen molar-refractivity contribution in [3.63, 3.8) is 0 Å². The number of hydrogen-bond donors (Lipinski definition) is 1. The number of carbonyl (C=O) groups excluding carboxylic acids is 1. The number of halogens is 3. The van der Waals surface area contributed by atoms with E-state index in [0.717, 1.165) is 18.9 Å². The lowest BCUT2D eigenvalue weighted by Gasteiger charge is -2.12.